The van der Waals surface area contributed by atoms with E-state index in [1.807, 2.05) is 33.2 Å². The zero-order chi connectivity index (χ0) is 19.4. The molecule has 1 aliphatic carbocycles. The van der Waals surface area contributed by atoms with Gasteiger partial charge in [0.1, 0.15) is 5.82 Å². The number of nitrogens with zero attached hydrogens (tertiary/aromatic N) is 4. The number of primary amides is 1. The minimum Gasteiger partial charge on any atom is -0.369 e. The summed E-state index contributed by atoms with van der Waals surface area (Å²) in [5, 5.41) is 0. The molecule has 2 bridgehead atoms. The van der Waals surface area contributed by atoms with Crippen LogP contribution in [0.1, 0.15) is 69.7 Å². The van der Waals surface area contributed by atoms with Crippen LogP contribution in [0.2, 0.25) is 0 Å². The summed E-state index contributed by atoms with van der Waals surface area (Å²) in [5.74, 6) is 1.28. The number of carbonyl (C=O) groups is 1. The number of nitrogens with two attached hydrogens (primary N) is 1. The van der Waals surface area contributed by atoms with Crippen LogP contribution in [0.4, 0.5) is 0 Å². The molecule has 2 unspecified atom stereocenters. The summed E-state index contributed by atoms with van der Waals surface area (Å²) >= 11 is 0. The molecule has 3 fully saturated rings. The van der Waals surface area contributed by atoms with Gasteiger partial charge in [0.25, 0.3) is 0 Å². The average molecular weight is 374 g/mol. The number of likely N-dealkylation sites (tertiary alicyclic amines) is 1. The van der Waals surface area contributed by atoms with Crippen molar-refractivity contribution in [3.05, 3.63) is 23.8 Å². The van der Waals surface area contributed by atoms with Crippen LogP contribution in [0.15, 0.2) is 12.4 Å². The molecule has 150 valence electrons. The van der Waals surface area contributed by atoms with Gasteiger partial charge in [-0.2, -0.15) is 0 Å². The number of piperazine rings is 1. The third kappa shape index (κ3) is 4.66. The van der Waals surface area contributed by atoms with E-state index in [0.717, 1.165) is 18.9 Å². The fraction of sp³-hybridized carbons (Fsp3) is 0.762. The minimum absolute atomic E-state index is 0.189. The lowest BCUT2D eigenvalue weighted by atomic mass is 9.82. The molecule has 1 aromatic heterocycles. The van der Waals surface area contributed by atoms with Crippen molar-refractivity contribution in [1.29, 1.82) is 0 Å². The Morgan fingerprint density at radius 3 is 2.04 bits per heavy atom. The van der Waals surface area contributed by atoms with E-state index < -0.39 is 0 Å². The van der Waals surface area contributed by atoms with Crippen LogP contribution in [0.25, 0.3) is 0 Å². The van der Waals surface area contributed by atoms with E-state index in [0.29, 0.717) is 30.6 Å². The van der Waals surface area contributed by atoms with E-state index in [4.69, 9.17) is 5.73 Å². The molecule has 3 heterocycles. The standard InChI is InChI=1S/C19H29N5O.C2H6/c1-13-21-8-15(9-22-13)14-2-4-16(5-3-14)23-10-17-6-7-18(11-23)24(17)12-19(20)25;1-2/h8-9,14,16-18H,2-7,10-12H2,1H3,(H2,20,25);1-2H3. The summed E-state index contributed by atoms with van der Waals surface area (Å²) in [5.41, 5.74) is 6.73. The summed E-state index contributed by atoms with van der Waals surface area (Å²) in [4.78, 5) is 25.1. The van der Waals surface area contributed by atoms with Gasteiger partial charge in [-0.1, -0.05) is 13.8 Å². The molecule has 1 saturated carbocycles. The molecule has 27 heavy (non-hydrogen) atoms. The predicted molar refractivity (Wildman–Crippen MR) is 107 cm³/mol. The largest absolute Gasteiger partial charge is 0.369 e. The van der Waals surface area contributed by atoms with Crippen molar-refractivity contribution in [2.75, 3.05) is 19.6 Å². The molecule has 1 amide bonds. The number of fused-ring (bicyclic) bond motifs is 2. The van der Waals surface area contributed by atoms with Crippen LogP contribution in [0, 0.1) is 6.92 Å². The Kier molecular flexibility index (Phi) is 6.82. The zero-order valence-corrected chi connectivity index (χ0v) is 17.1. The third-order valence-corrected chi connectivity index (χ3v) is 6.49. The van der Waals surface area contributed by atoms with Crippen LogP contribution in [-0.2, 0) is 4.79 Å². The molecule has 2 N–H and O–H groups in total. The number of rotatable bonds is 4. The maximum Gasteiger partial charge on any atom is 0.231 e. The molecule has 0 spiro atoms. The Hall–Kier alpha value is -1.53. The van der Waals surface area contributed by atoms with Crippen molar-refractivity contribution in [3.63, 3.8) is 0 Å². The zero-order valence-electron chi connectivity index (χ0n) is 17.1. The van der Waals surface area contributed by atoms with Gasteiger partial charge >= 0.3 is 0 Å². The molecule has 3 aliphatic rings. The van der Waals surface area contributed by atoms with Crippen LogP contribution < -0.4 is 5.73 Å². The van der Waals surface area contributed by atoms with E-state index in [1.165, 1.54) is 44.1 Å². The second kappa shape index (κ2) is 9.11. The van der Waals surface area contributed by atoms with Crippen molar-refractivity contribution in [2.24, 2.45) is 5.73 Å². The van der Waals surface area contributed by atoms with Gasteiger partial charge in [0.05, 0.1) is 6.54 Å². The first-order chi connectivity index (χ1) is 13.1. The summed E-state index contributed by atoms with van der Waals surface area (Å²) in [6, 6.07) is 1.74. The quantitative estimate of drug-likeness (QED) is 0.877. The maximum atomic E-state index is 11.3. The van der Waals surface area contributed by atoms with Crippen LogP contribution in [0.3, 0.4) is 0 Å². The van der Waals surface area contributed by atoms with Gasteiger partial charge in [0.15, 0.2) is 0 Å². The highest BCUT2D eigenvalue weighted by atomic mass is 16.1. The Bertz CT molecular complexity index is 598. The fourth-order valence-corrected chi connectivity index (χ4v) is 5.15. The summed E-state index contributed by atoms with van der Waals surface area (Å²) in [6.07, 6.45) is 11.4. The smallest absolute Gasteiger partial charge is 0.231 e. The second-order valence-electron chi connectivity index (χ2n) is 8.05. The normalized spacial score (nSPS) is 31.2. The van der Waals surface area contributed by atoms with Crippen molar-refractivity contribution in [1.82, 2.24) is 19.8 Å². The number of amides is 1. The molecule has 2 atom stereocenters. The van der Waals surface area contributed by atoms with Crippen LogP contribution in [0.5, 0.6) is 0 Å². The summed E-state index contributed by atoms with van der Waals surface area (Å²) in [7, 11) is 0. The predicted octanol–water partition coefficient (Wildman–Crippen LogP) is 2.47. The Morgan fingerprint density at radius 1 is 1.00 bits per heavy atom. The Balaban J connectivity index is 0.00000102. The molecule has 1 aromatic rings. The molecular formula is C21H35N5O. The van der Waals surface area contributed by atoms with Gasteiger partial charge in [-0.05, 0) is 56.9 Å². The lowest BCUT2D eigenvalue weighted by Gasteiger charge is -2.45. The lowest BCUT2D eigenvalue weighted by molar-refractivity contribution is -0.120. The van der Waals surface area contributed by atoms with Gasteiger partial charge in [-0.3, -0.25) is 14.6 Å². The second-order valence-corrected chi connectivity index (χ2v) is 8.05. The number of carbonyl (C=O) groups excluding carboxylic acids is 1. The van der Waals surface area contributed by atoms with Crippen molar-refractivity contribution < 1.29 is 4.79 Å². The highest BCUT2D eigenvalue weighted by molar-refractivity contribution is 5.76. The fourth-order valence-electron chi connectivity index (χ4n) is 5.15. The first-order valence-corrected chi connectivity index (χ1v) is 10.7. The SMILES string of the molecule is CC.Cc1ncc(C2CCC(N3CC4CCC(C3)N4CC(N)=O)CC2)cn1. The van der Waals surface area contributed by atoms with E-state index in [1.54, 1.807) is 0 Å². The minimum atomic E-state index is -0.189. The van der Waals surface area contributed by atoms with Gasteiger partial charge in [-0.25, -0.2) is 9.97 Å². The molecule has 0 radical (unpaired) electrons. The summed E-state index contributed by atoms with van der Waals surface area (Å²) in [6.45, 7) is 8.58. The van der Waals surface area contributed by atoms with Crippen LogP contribution >= 0.6 is 0 Å². The van der Waals surface area contributed by atoms with E-state index >= 15 is 0 Å². The molecule has 0 aromatic carbocycles. The molecular weight excluding hydrogens is 338 g/mol. The van der Waals surface area contributed by atoms with Gasteiger partial charge < -0.3 is 5.73 Å². The number of hydrogen-bond acceptors (Lipinski definition) is 5. The van der Waals surface area contributed by atoms with E-state index in [9.17, 15) is 4.79 Å². The van der Waals surface area contributed by atoms with Crippen molar-refractivity contribution in [3.8, 4) is 0 Å². The molecule has 6 heteroatoms. The highest BCUT2D eigenvalue weighted by Crippen LogP contribution is 2.37. The number of aromatic nitrogens is 2. The monoisotopic (exact) mass is 373 g/mol. The van der Waals surface area contributed by atoms with Crippen LogP contribution in [-0.4, -0.2) is 63.4 Å². The summed E-state index contributed by atoms with van der Waals surface area (Å²) < 4.78 is 0. The third-order valence-electron chi connectivity index (χ3n) is 6.49. The van der Waals surface area contributed by atoms with Crippen molar-refractivity contribution >= 4 is 5.91 Å². The lowest BCUT2D eigenvalue weighted by Crippen LogP contribution is -2.58. The number of aryl methyl sites for hydroxylation is 1. The van der Waals surface area contributed by atoms with Gasteiger partial charge in [0, 0.05) is 43.6 Å². The molecule has 2 aliphatic heterocycles. The first kappa shape index (κ1) is 20.2. The van der Waals surface area contributed by atoms with E-state index in [-0.39, 0.29) is 5.91 Å². The van der Waals surface area contributed by atoms with Crippen molar-refractivity contribution in [2.45, 2.75) is 83.3 Å². The number of hydrogen-bond donors (Lipinski definition) is 1. The highest BCUT2D eigenvalue weighted by Gasteiger charge is 2.42. The van der Waals surface area contributed by atoms with Gasteiger partial charge in [-0.15, -0.1) is 0 Å². The maximum absolute atomic E-state index is 11.3. The Morgan fingerprint density at radius 2 is 1.52 bits per heavy atom. The molecule has 6 nitrogen and oxygen atoms in total. The molecule has 4 rings (SSSR count). The van der Waals surface area contributed by atoms with Gasteiger partial charge in [0.2, 0.25) is 5.91 Å². The molecule has 2 saturated heterocycles. The van der Waals surface area contributed by atoms with E-state index in [2.05, 4.69) is 19.8 Å². The first-order valence-electron chi connectivity index (χ1n) is 10.7. The average Bonchev–Trinajstić information content (AvgIpc) is 2.91. The Labute approximate surface area is 163 Å². The topological polar surface area (TPSA) is 75.3 Å².